The number of para-hydroxylation sites is 1. The van der Waals surface area contributed by atoms with Crippen LogP contribution < -0.4 is 11.1 Å². The molecule has 4 unspecified atom stereocenters. The molecule has 136 valence electrons. The van der Waals surface area contributed by atoms with Gasteiger partial charge in [-0.3, -0.25) is 14.2 Å². The highest BCUT2D eigenvalue weighted by molar-refractivity contribution is 5.80. The molecule has 0 aliphatic carbocycles. The van der Waals surface area contributed by atoms with Gasteiger partial charge in [-0.15, -0.1) is 0 Å². The Balaban J connectivity index is 2.16. The van der Waals surface area contributed by atoms with Crippen LogP contribution in [-0.2, 0) is 13.1 Å². The lowest BCUT2D eigenvalue weighted by Crippen LogP contribution is -2.47. The van der Waals surface area contributed by atoms with Crippen LogP contribution in [0, 0.1) is 0 Å². The van der Waals surface area contributed by atoms with Crippen LogP contribution in [0.4, 0.5) is 0 Å². The van der Waals surface area contributed by atoms with Crippen LogP contribution in [0.5, 0.6) is 0 Å². The standard InChI is InChI=1S/C17H22N2O6/c1-9-5-6-18-14-10(9)3-2-4-11(14)19(17(25)16(18)24)7-12(21)15(23)13(22)8-20/h2-4,9,12-13,15,20-23H,5-8H2,1H3. The van der Waals surface area contributed by atoms with E-state index in [0.717, 1.165) is 16.6 Å². The van der Waals surface area contributed by atoms with E-state index in [4.69, 9.17) is 5.11 Å². The van der Waals surface area contributed by atoms with Gasteiger partial charge in [-0.25, -0.2) is 0 Å². The highest BCUT2D eigenvalue weighted by Gasteiger charge is 2.27. The Hall–Kier alpha value is -2.00. The van der Waals surface area contributed by atoms with E-state index >= 15 is 0 Å². The molecule has 8 heteroatoms. The molecule has 0 radical (unpaired) electrons. The van der Waals surface area contributed by atoms with Crippen LogP contribution >= 0.6 is 0 Å². The summed E-state index contributed by atoms with van der Waals surface area (Å²) in [4.78, 5) is 25.0. The van der Waals surface area contributed by atoms with E-state index in [0.29, 0.717) is 17.6 Å². The molecule has 3 rings (SSSR count). The normalized spacial score (nSPS) is 20.4. The number of rotatable bonds is 5. The number of aromatic nitrogens is 2. The van der Waals surface area contributed by atoms with Crippen molar-refractivity contribution in [2.45, 2.75) is 50.7 Å². The maximum absolute atomic E-state index is 12.5. The molecule has 0 fully saturated rings. The molecule has 1 aliphatic heterocycles. The fourth-order valence-electron chi connectivity index (χ4n) is 3.43. The molecular formula is C17H22N2O6. The number of aryl methyl sites for hydroxylation is 1. The van der Waals surface area contributed by atoms with Crippen LogP contribution in [0.3, 0.4) is 0 Å². The zero-order chi connectivity index (χ0) is 18.3. The molecule has 1 aromatic heterocycles. The van der Waals surface area contributed by atoms with Crippen molar-refractivity contribution in [1.82, 2.24) is 9.13 Å². The van der Waals surface area contributed by atoms with E-state index in [-0.39, 0.29) is 12.5 Å². The van der Waals surface area contributed by atoms with E-state index < -0.39 is 36.0 Å². The van der Waals surface area contributed by atoms with Crippen molar-refractivity contribution in [2.24, 2.45) is 0 Å². The Bertz CT molecular complexity index is 902. The summed E-state index contributed by atoms with van der Waals surface area (Å²) in [6, 6.07) is 5.39. The molecule has 0 bridgehead atoms. The second-order valence-electron chi connectivity index (χ2n) is 6.59. The fraction of sp³-hybridized carbons (Fsp3) is 0.529. The smallest absolute Gasteiger partial charge is 0.317 e. The zero-order valence-electron chi connectivity index (χ0n) is 13.9. The van der Waals surface area contributed by atoms with Gasteiger partial charge >= 0.3 is 11.1 Å². The van der Waals surface area contributed by atoms with Crippen molar-refractivity contribution in [2.75, 3.05) is 6.61 Å². The summed E-state index contributed by atoms with van der Waals surface area (Å²) in [5.74, 6) is 0.237. The van der Waals surface area contributed by atoms with Gasteiger partial charge in [0.25, 0.3) is 0 Å². The van der Waals surface area contributed by atoms with Gasteiger partial charge in [0.1, 0.15) is 18.3 Å². The summed E-state index contributed by atoms with van der Waals surface area (Å²) in [7, 11) is 0. The maximum Gasteiger partial charge on any atom is 0.317 e. The molecule has 1 aromatic carbocycles. The molecule has 0 amide bonds. The monoisotopic (exact) mass is 350 g/mol. The highest BCUT2D eigenvalue weighted by Crippen LogP contribution is 2.31. The summed E-state index contributed by atoms with van der Waals surface area (Å²) in [5, 5.41) is 38.3. The number of aliphatic hydroxyl groups excluding tert-OH is 4. The molecule has 2 heterocycles. The number of benzene rings is 1. The Morgan fingerprint density at radius 1 is 1.16 bits per heavy atom. The third-order valence-electron chi connectivity index (χ3n) is 4.94. The second kappa shape index (κ2) is 6.72. The Morgan fingerprint density at radius 2 is 1.88 bits per heavy atom. The molecule has 2 aromatic rings. The average molecular weight is 350 g/mol. The summed E-state index contributed by atoms with van der Waals surface area (Å²) in [6.45, 7) is 1.42. The van der Waals surface area contributed by atoms with Gasteiger partial charge in [-0.1, -0.05) is 19.1 Å². The first-order valence-electron chi connectivity index (χ1n) is 8.28. The van der Waals surface area contributed by atoms with Gasteiger partial charge < -0.3 is 25.0 Å². The predicted molar refractivity (Wildman–Crippen MR) is 90.6 cm³/mol. The average Bonchev–Trinajstić information content (AvgIpc) is 2.62. The van der Waals surface area contributed by atoms with Crippen LogP contribution in [0.2, 0.25) is 0 Å². The number of nitrogens with zero attached hydrogens (tertiary/aromatic N) is 2. The molecule has 0 saturated carbocycles. The Morgan fingerprint density at radius 3 is 2.56 bits per heavy atom. The minimum Gasteiger partial charge on any atom is -0.394 e. The molecule has 0 spiro atoms. The van der Waals surface area contributed by atoms with Crippen LogP contribution in [0.1, 0.15) is 24.8 Å². The van der Waals surface area contributed by atoms with Gasteiger partial charge in [0.2, 0.25) is 0 Å². The summed E-state index contributed by atoms with van der Waals surface area (Å²) in [6.07, 6.45) is -3.92. The van der Waals surface area contributed by atoms with Gasteiger partial charge in [0.05, 0.1) is 24.2 Å². The van der Waals surface area contributed by atoms with Gasteiger partial charge in [0.15, 0.2) is 0 Å². The first-order chi connectivity index (χ1) is 11.9. The number of aliphatic hydroxyl groups is 4. The van der Waals surface area contributed by atoms with E-state index in [1.807, 2.05) is 6.07 Å². The van der Waals surface area contributed by atoms with Gasteiger partial charge in [0, 0.05) is 6.54 Å². The minimum atomic E-state index is -1.63. The maximum atomic E-state index is 12.5. The first-order valence-corrected chi connectivity index (χ1v) is 8.28. The van der Waals surface area contributed by atoms with Crippen LogP contribution in [-0.4, -0.2) is 54.5 Å². The Labute approximate surface area is 143 Å². The third-order valence-corrected chi connectivity index (χ3v) is 4.94. The lowest BCUT2D eigenvalue weighted by Gasteiger charge is -2.27. The molecule has 25 heavy (non-hydrogen) atoms. The third kappa shape index (κ3) is 2.91. The fourth-order valence-corrected chi connectivity index (χ4v) is 3.43. The lowest BCUT2D eigenvalue weighted by atomic mass is 9.93. The zero-order valence-corrected chi connectivity index (χ0v) is 13.9. The quantitative estimate of drug-likeness (QED) is 0.499. The van der Waals surface area contributed by atoms with E-state index in [1.165, 1.54) is 4.57 Å². The largest absolute Gasteiger partial charge is 0.394 e. The predicted octanol–water partition coefficient (Wildman–Crippen LogP) is -1.25. The summed E-state index contributed by atoms with van der Waals surface area (Å²) >= 11 is 0. The van der Waals surface area contributed by atoms with Crippen molar-refractivity contribution in [1.29, 1.82) is 0 Å². The number of hydrogen-bond acceptors (Lipinski definition) is 6. The molecule has 8 nitrogen and oxygen atoms in total. The molecular weight excluding hydrogens is 328 g/mol. The molecule has 1 aliphatic rings. The van der Waals surface area contributed by atoms with Crippen LogP contribution in [0.25, 0.3) is 11.0 Å². The van der Waals surface area contributed by atoms with E-state index in [1.54, 1.807) is 12.1 Å². The Kier molecular flexibility index (Phi) is 4.79. The minimum absolute atomic E-state index is 0.237. The topological polar surface area (TPSA) is 125 Å². The van der Waals surface area contributed by atoms with Crippen LogP contribution in [0.15, 0.2) is 27.8 Å². The first kappa shape index (κ1) is 17.8. The summed E-state index contributed by atoms with van der Waals surface area (Å²) in [5.41, 5.74) is 0.661. The van der Waals surface area contributed by atoms with E-state index in [2.05, 4.69) is 6.92 Å². The molecule has 4 atom stereocenters. The van der Waals surface area contributed by atoms with Gasteiger partial charge in [-0.05, 0) is 24.0 Å². The van der Waals surface area contributed by atoms with Crippen molar-refractivity contribution < 1.29 is 20.4 Å². The SMILES string of the molecule is CC1CCn2c(=O)c(=O)n(CC(O)C(O)C(O)CO)c3cccc1c32. The van der Waals surface area contributed by atoms with Crippen molar-refractivity contribution in [3.8, 4) is 0 Å². The van der Waals surface area contributed by atoms with Crippen molar-refractivity contribution in [3.05, 3.63) is 44.5 Å². The number of hydrogen-bond donors (Lipinski definition) is 4. The summed E-state index contributed by atoms with van der Waals surface area (Å²) < 4.78 is 2.60. The molecule has 0 saturated heterocycles. The molecule has 4 N–H and O–H groups in total. The highest BCUT2D eigenvalue weighted by atomic mass is 16.4. The van der Waals surface area contributed by atoms with Crippen molar-refractivity contribution in [3.63, 3.8) is 0 Å². The van der Waals surface area contributed by atoms with E-state index in [9.17, 15) is 24.9 Å². The van der Waals surface area contributed by atoms with Crippen molar-refractivity contribution >= 4 is 11.0 Å². The lowest BCUT2D eigenvalue weighted by molar-refractivity contribution is -0.0805. The van der Waals surface area contributed by atoms with Gasteiger partial charge in [-0.2, -0.15) is 0 Å². The second-order valence-corrected chi connectivity index (χ2v) is 6.59.